The zero-order chi connectivity index (χ0) is 12.1. The summed E-state index contributed by atoms with van der Waals surface area (Å²) in [6.07, 6.45) is 9.99. The predicted molar refractivity (Wildman–Crippen MR) is 70.4 cm³/mol. The lowest BCUT2D eigenvalue weighted by atomic mass is 9.97. The van der Waals surface area contributed by atoms with Crippen LogP contribution in [0.15, 0.2) is 17.8 Å². The quantitative estimate of drug-likeness (QED) is 0.834. The molecule has 0 bridgehead atoms. The summed E-state index contributed by atoms with van der Waals surface area (Å²) in [4.78, 5) is 16.5. The molecule has 0 radical (unpaired) electrons. The van der Waals surface area contributed by atoms with E-state index in [1.807, 2.05) is 6.92 Å². The Bertz CT molecular complexity index is 423. The van der Waals surface area contributed by atoms with E-state index < -0.39 is 0 Å². The van der Waals surface area contributed by atoms with Gasteiger partial charge >= 0.3 is 0 Å². The number of hydrogen-bond acceptors (Lipinski definition) is 3. The van der Waals surface area contributed by atoms with Crippen molar-refractivity contribution in [2.24, 2.45) is 0 Å². The Hall–Kier alpha value is -1.16. The normalized spacial score (nSPS) is 15.5. The van der Waals surface area contributed by atoms with Crippen molar-refractivity contribution >= 4 is 17.2 Å². The van der Waals surface area contributed by atoms with Crippen molar-refractivity contribution in [2.75, 3.05) is 6.54 Å². The molecule has 0 aromatic carbocycles. The molecule has 3 nitrogen and oxygen atoms in total. The second-order valence-electron chi connectivity index (χ2n) is 4.36. The summed E-state index contributed by atoms with van der Waals surface area (Å²) in [6, 6.07) is 0. The molecular weight excluding hydrogens is 232 g/mol. The van der Waals surface area contributed by atoms with Crippen LogP contribution in [0.4, 0.5) is 0 Å². The lowest BCUT2D eigenvalue weighted by Gasteiger charge is -2.12. The van der Waals surface area contributed by atoms with Gasteiger partial charge in [-0.05, 0) is 39.0 Å². The van der Waals surface area contributed by atoms with Crippen LogP contribution < -0.4 is 5.32 Å². The van der Waals surface area contributed by atoms with Crippen LogP contribution in [0.2, 0.25) is 0 Å². The Labute approximate surface area is 106 Å². The number of hydrogen-bond donors (Lipinski definition) is 1. The average molecular weight is 250 g/mol. The maximum absolute atomic E-state index is 11.7. The zero-order valence-corrected chi connectivity index (χ0v) is 11.0. The minimum Gasteiger partial charge on any atom is -0.351 e. The van der Waals surface area contributed by atoms with E-state index in [-0.39, 0.29) is 5.91 Å². The summed E-state index contributed by atoms with van der Waals surface area (Å²) in [5.74, 6) is 0.00649. The minimum absolute atomic E-state index is 0.00649. The van der Waals surface area contributed by atoms with E-state index in [0.717, 1.165) is 18.0 Å². The van der Waals surface area contributed by atoms with Gasteiger partial charge in [0.15, 0.2) is 0 Å². The number of carbonyl (C=O) groups excluding carboxylic acids is 1. The fourth-order valence-electron chi connectivity index (χ4n) is 2.02. The lowest BCUT2D eigenvalue weighted by molar-refractivity contribution is 0.0958. The summed E-state index contributed by atoms with van der Waals surface area (Å²) in [5, 5.41) is 3.89. The van der Waals surface area contributed by atoms with E-state index >= 15 is 0 Å². The Morgan fingerprint density at radius 1 is 1.53 bits per heavy atom. The number of rotatable bonds is 4. The van der Waals surface area contributed by atoms with Crippen LogP contribution in [-0.2, 0) is 0 Å². The van der Waals surface area contributed by atoms with E-state index in [2.05, 4.69) is 16.4 Å². The molecule has 0 spiro atoms. The molecule has 1 heterocycles. The molecule has 92 valence electrons. The standard InChI is InChI=1S/C13H18N2OS/c1-10-15-9-12(17-10)13(16)14-8-7-11-5-3-2-4-6-11/h5,9H,2-4,6-8H2,1H3,(H,14,16). The first-order valence-electron chi connectivity index (χ1n) is 6.14. The second-order valence-corrected chi connectivity index (χ2v) is 5.59. The van der Waals surface area contributed by atoms with Gasteiger partial charge in [-0.1, -0.05) is 11.6 Å². The van der Waals surface area contributed by atoms with E-state index in [0.29, 0.717) is 4.88 Å². The summed E-state index contributed by atoms with van der Waals surface area (Å²) in [7, 11) is 0. The summed E-state index contributed by atoms with van der Waals surface area (Å²) >= 11 is 1.44. The van der Waals surface area contributed by atoms with Crippen molar-refractivity contribution in [2.45, 2.75) is 39.0 Å². The number of amides is 1. The van der Waals surface area contributed by atoms with E-state index in [1.54, 1.807) is 6.20 Å². The number of carbonyl (C=O) groups is 1. The summed E-state index contributed by atoms with van der Waals surface area (Å²) in [6.45, 7) is 2.65. The van der Waals surface area contributed by atoms with Crippen LogP contribution >= 0.6 is 11.3 Å². The maximum Gasteiger partial charge on any atom is 0.263 e. The van der Waals surface area contributed by atoms with Crippen LogP contribution in [0.5, 0.6) is 0 Å². The van der Waals surface area contributed by atoms with Gasteiger partial charge in [0.2, 0.25) is 0 Å². The van der Waals surface area contributed by atoms with Crippen molar-refractivity contribution in [3.63, 3.8) is 0 Å². The molecule has 17 heavy (non-hydrogen) atoms. The van der Waals surface area contributed by atoms with Crippen molar-refractivity contribution in [3.05, 3.63) is 27.7 Å². The monoisotopic (exact) mass is 250 g/mol. The van der Waals surface area contributed by atoms with Crippen LogP contribution in [0.25, 0.3) is 0 Å². The van der Waals surface area contributed by atoms with Gasteiger partial charge in [0.05, 0.1) is 11.2 Å². The average Bonchev–Trinajstić information content (AvgIpc) is 2.77. The van der Waals surface area contributed by atoms with Crippen LogP contribution in [0.1, 0.15) is 46.8 Å². The minimum atomic E-state index is 0.00649. The molecule has 4 heteroatoms. The highest BCUT2D eigenvalue weighted by molar-refractivity contribution is 7.13. The van der Waals surface area contributed by atoms with Gasteiger partial charge in [-0.15, -0.1) is 11.3 Å². The molecule has 0 fully saturated rings. The molecule has 1 aromatic rings. The molecule has 2 rings (SSSR count). The number of nitrogens with zero attached hydrogens (tertiary/aromatic N) is 1. The lowest BCUT2D eigenvalue weighted by Crippen LogP contribution is -2.24. The number of aromatic nitrogens is 1. The van der Waals surface area contributed by atoms with Crippen LogP contribution in [0, 0.1) is 6.92 Å². The van der Waals surface area contributed by atoms with Gasteiger partial charge < -0.3 is 5.32 Å². The van der Waals surface area contributed by atoms with Crippen molar-refractivity contribution in [1.29, 1.82) is 0 Å². The molecular formula is C13H18N2OS. The molecule has 1 amide bonds. The molecule has 0 saturated heterocycles. The van der Waals surface area contributed by atoms with Gasteiger partial charge in [0.25, 0.3) is 5.91 Å². The smallest absolute Gasteiger partial charge is 0.263 e. The molecule has 0 atom stereocenters. The van der Waals surface area contributed by atoms with Gasteiger partial charge in [0.1, 0.15) is 4.88 Å². The molecule has 0 aliphatic heterocycles. The third-order valence-electron chi connectivity index (χ3n) is 2.96. The molecule has 1 N–H and O–H groups in total. The molecule has 0 unspecified atom stereocenters. The Kier molecular flexibility index (Phi) is 4.31. The van der Waals surface area contributed by atoms with Gasteiger partial charge in [-0.2, -0.15) is 0 Å². The zero-order valence-electron chi connectivity index (χ0n) is 10.2. The molecule has 1 aromatic heterocycles. The number of nitrogens with one attached hydrogen (secondary N) is 1. The highest BCUT2D eigenvalue weighted by atomic mass is 32.1. The van der Waals surface area contributed by atoms with Crippen LogP contribution in [-0.4, -0.2) is 17.4 Å². The largest absolute Gasteiger partial charge is 0.351 e. The number of thiazole rings is 1. The topological polar surface area (TPSA) is 42.0 Å². The third-order valence-corrected chi connectivity index (χ3v) is 3.87. The molecule has 1 aliphatic rings. The van der Waals surface area contributed by atoms with E-state index in [4.69, 9.17) is 0 Å². The van der Waals surface area contributed by atoms with Gasteiger partial charge in [-0.25, -0.2) is 4.98 Å². The number of allylic oxidation sites excluding steroid dienone is 1. The van der Waals surface area contributed by atoms with Crippen molar-refractivity contribution in [3.8, 4) is 0 Å². The molecule has 0 saturated carbocycles. The first-order valence-corrected chi connectivity index (χ1v) is 6.96. The summed E-state index contributed by atoms with van der Waals surface area (Å²) in [5.41, 5.74) is 1.50. The Morgan fingerprint density at radius 2 is 2.41 bits per heavy atom. The maximum atomic E-state index is 11.7. The summed E-state index contributed by atoms with van der Waals surface area (Å²) < 4.78 is 0. The highest BCUT2D eigenvalue weighted by Crippen LogP contribution is 2.19. The third kappa shape index (κ3) is 3.66. The van der Waals surface area contributed by atoms with Gasteiger partial charge in [-0.3, -0.25) is 4.79 Å². The first-order chi connectivity index (χ1) is 8.25. The molecule has 1 aliphatic carbocycles. The first kappa shape index (κ1) is 12.3. The van der Waals surface area contributed by atoms with Crippen molar-refractivity contribution in [1.82, 2.24) is 10.3 Å². The van der Waals surface area contributed by atoms with Crippen molar-refractivity contribution < 1.29 is 4.79 Å². The fourth-order valence-corrected chi connectivity index (χ4v) is 2.72. The van der Waals surface area contributed by atoms with Crippen LogP contribution in [0.3, 0.4) is 0 Å². The van der Waals surface area contributed by atoms with Gasteiger partial charge in [0, 0.05) is 6.54 Å². The SMILES string of the molecule is Cc1ncc(C(=O)NCCC2=CCCCC2)s1. The Morgan fingerprint density at radius 3 is 3.06 bits per heavy atom. The second kappa shape index (κ2) is 5.96. The van der Waals surface area contributed by atoms with E-state index in [9.17, 15) is 4.79 Å². The highest BCUT2D eigenvalue weighted by Gasteiger charge is 2.09. The number of aryl methyl sites for hydroxylation is 1. The Balaban J connectivity index is 1.75. The fraction of sp³-hybridized carbons (Fsp3) is 0.538. The predicted octanol–water partition coefficient (Wildman–Crippen LogP) is 3.07. The van der Waals surface area contributed by atoms with E-state index in [1.165, 1.54) is 42.6 Å².